The van der Waals surface area contributed by atoms with Crippen molar-refractivity contribution in [2.75, 3.05) is 25.0 Å². The fraction of sp³-hybridized carbons (Fsp3) is 0.471. The normalized spacial score (nSPS) is 29.9. The molecule has 0 saturated carbocycles. The Hall–Kier alpha value is -1.10. The third-order valence-electron chi connectivity index (χ3n) is 4.83. The number of nitrogens with zero attached hydrogens (tertiary/aromatic N) is 1. The summed E-state index contributed by atoms with van der Waals surface area (Å²) in [6.45, 7) is 7.23. The number of nitrogens with one attached hydrogen (secondary N) is 2. The number of hydrogen-bond acceptors (Lipinski definition) is 2. The molecular formula is C17H22ClN3S. The quantitative estimate of drug-likeness (QED) is 0.650. The minimum absolute atomic E-state index is 0.583. The fourth-order valence-corrected chi connectivity index (χ4v) is 3.91. The van der Waals surface area contributed by atoms with Crippen molar-refractivity contribution in [1.29, 1.82) is 0 Å². The number of hydrogen-bond donors (Lipinski definition) is 2. The van der Waals surface area contributed by atoms with Gasteiger partial charge in [0.15, 0.2) is 5.11 Å². The van der Waals surface area contributed by atoms with Crippen LogP contribution in [0.4, 0.5) is 5.69 Å². The van der Waals surface area contributed by atoms with Gasteiger partial charge in [-0.1, -0.05) is 17.7 Å². The van der Waals surface area contributed by atoms with Gasteiger partial charge in [-0.15, -0.1) is 6.58 Å². The van der Waals surface area contributed by atoms with Crippen LogP contribution in [0.3, 0.4) is 0 Å². The third kappa shape index (κ3) is 3.62. The first-order valence-electron chi connectivity index (χ1n) is 7.82. The van der Waals surface area contributed by atoms with E-state index in [4.69, 9.17) is 23.8 Å². The van der Waals surface area contributed by atoms with Gasteiger partial charge in [-0.05, 0) is 67.7 Å². The highest BCUT2D eigenvalue weighted by molar-refractivity contribution is 7.80. The standard InChI is InChI=1S/C17H22ClN3S/c1-2-12-11-21-8-7-13(12)9-16(21)10-19-17(22)20-15-5-3-14(18)4-6-15/h2-6,12-13,16H,1,7-11H2,(H2,19,20,22)/t12-,13+,16-/m1/s1. The lowest BCUT2D eigenvalue weighted by Gasteiger charge is -2.49. The molecule has 0 radical (unpaired) electrons. The van der Waals surface area contributed by atoms with Crippen LogP contribution < -0.4 is 10.6 Å². The van der Waals surface area contributed by atoms with Crippen LogP contribution >= 0.6 is 23.8 Å². The minimum atomic E-state index is 0.583. The van der Waals surface area contributed by atoms with Gasteiger partial charge in [-0.25, -0.2) is 0 Å². The van der Waals surface area contributed by atoms with Crippen molar-refractivity contribution < 1.29 is 0 Å². The van der Waals surface area contributed by atoms with Crippen LogP contribution in [0.2, 0.25) is 5.02 Å². The lowest BCUT2D eigenvalue weighted by molar-refractivity contribution is 0.0215. The highest BCUT2D eigenvalue weighted by Crippen LogP contribution is 2.36. The van der Waals surface area contributed by atoms with Crippen LogP contribution in [0.5, 0.6) is 0 Å². The van der Waals surface area contributed by atoms with Gasteiger partial charge in [0, 0.05) is 29.8 Å². The average Bonchev–Trinajstić information content (AvgIpc) is 2.55. The molecule has 3 aliphatic rings. The molecule has 3 heterocycles. The molecule has 3 fully saturated rings. The van der Waals surface area contributed by atoms with Crippen molar-refractivity contribution in [2.45, 2.75) is 18.9 Å². The number of piperidine rings is 3. The smallest absolute Gasteiger partial charge is 0.170 e. The molecule has 118 valence electrons. The van der Waals surface area contributed by atoms with Gasteiger partial charge in [0.2, 0.25) is 0 Å². The molecule has 0 aliphatic carbocycles. The Bertz CT molecular complexity index is 545. The van der Waals surface area contributed by atoms with Crippen LogP contribution in [0, 0.1) is 11.8 Å². The van der Waals surface area contributed by atoms with Crippen molar-refractivity contribution in [3.05, 3.63) is 41.9 Å². The SMILES string of the molecule is C=C[C@@H]1CN2CC[C@H]1C[C@@H]2CNC(=S)Nc1ccc(Cl)cc1. The van der Waals surface area contributed by atoms with Gasteiger partial charge < -0.3 is 10.6 Å². The molecule has 3 nitrogen and oxygen atoms in total. The van der Waals surface area contributed by atoms with E-state index in [2.05, 4.69) is 28.2 Å². The van der Waals surface area contributed by atoms with Crippen molar-refractivity contribution in [3.8, 4) is 0 Å². The van der Waals surface area contributed by atoms with Gasteiger partial charge >= 0.3 is 0 Å². The summed E-state index contributed by atoms with van der Waals surface area (Å²) < 4.78 is 0. The third-order valence-corrected chi connectivity index (χ3v) is 5.33. The Labute approximate surface area is 142 Å². The molecule has 4 rings (SSSR count). The maximum Gasteiger partial charge on any atom is 0.170 e. The fourth-order valence-electron chi connectivity index (χ4n) is 3.58. The molecule has 4 atom stereocenters. The molecule has 2 bridgehead atoms. The van der Waals surface area contributed by atoms with Crippen molar-refractivity contribution in [2.24, 2.45) is 11.8 Å². The van der Waals surface area contributed by atoms with E-state index in [0.29, 0.717) is 17.1 Å². The maximum atomic E-state index is 5.88. The summed E-state index contributed by atoms with van der Waals surface area (Å²) in [5, 5.41) is 7.95. The first kappa shape index (κ1) is 15.8. The molecule has 1 unspecified atom stereocenters. The minimum Gasteiger partial charge on any atom is -0.361 e. The molecule has 1 aromatic rings. The Morgan fingerprint density at radius 2 is 2.18 bits per heavy atom. The van der Waals surface area contributed by atoms with Crippen molar-refractivity contribution in [1.82, 2.24) is 10.2 Å². The Morgan fingerprint density at radius 3 is 2.82 bits per heavy atom. The van der Waals surface area contributed by atoms with E-state index in [1.54, 1.807) is 0 Å². The zero-order valence-corrected chi connectivity index (χ0v) is 14.2. The van der Waals surface area contributed by atoms with Crippen LogP contribution in [-0.4, -0.2) is 35.7 Å². The number of anilines is 1. The number of fused-ring (bicyclic) bond motifs is 3. The van der Waals surface area contributed by atoms with Crippen LogP contribution in [0.25, 0.3) is 0 Å². The lowest BCUT2D eigenvalue weighted by atomic mass is 9.76. The molecule has 3 aliphatic heterocycles. The molecule has 3 saturated heterocycles. The topological polar surface area (TPSA) is 27.3 Å². The van der Waals surface area contributed by atoms with E-state index in [1.165, 1.54) is 19.4 Å². The summed E-state index contributed by atoms with van der Waals surface area (Å²) in [4.78, 5) is 2.57. The van der Waals surface area contributed by atoms with E-state index in [1.807, 2.05) is 24.3 Å². The number of halogens is 1. The molecule has 1 aromatic carbocycles. The summed E-state index contributed by atoms with van der Waals surface area (Å²) in [5.74, 6) is 1.47. The first-order chi connectivity index (χ1) is 10.7. The first-order valence-corrected chi connectivity index (χ1v) is 8.61. The number of benzene rings is 1. The highest BCUT2D eigenvalue weighted by atomic mass is 35.5. The van der Waals surface area contributed by atoms with Crippen LogP contribution in [-0.2, 0) is 0 Å². The summed E-state index contributed by atoms with van der Waals surface area (Å²) >= 11 is 11.3. The zero-order chi connectivity index (χ0) is 15.5. The van der Waals surface area contributed by atoms with Crippen LogP contribution in [0.15, 0.2) is 36.9 Å². The molecular weight excluding hydrogens is 314 g/mol. The van der Waals surface area contributed by atoms with E-state index in [9.17, 15) is 0 Å². The number of rotatable bonds is 4. The number of thiocarbonyl (C=S) groups is 1. The summed E-state index contributed by atoms with van der Waals surface area (Å²) in [5.41, 5.74) is 0.957. The second kappa shape index (κ2) is 6.99. The second-order valence-corrected chi connectivity index (χ2v) is 7.02. The predicted octanol–water partition coefficient (Wildman–Crippen LogP) is 3.52. The largest absolute Gasteiger partial charge is 0.361 e. The average molecular weight is 336 g/mol. The molecule has 0 aromatic heterocycles. The zero-order valence-electron chi connectivity index (χ0n) is 12.6. The Kier molecular flexibility index (Phi) is 5.01. The maximum absolute atomic E-state index is 5.88. The predicted molar refractivity (Wildman–Crippen MR) is 97.4 cm³/mol. The summed E-state index contributed by atoms with van der Waals surface area (Å²) in [6, 6.07) is 8.15. The summed E-state index contributed by atoms with van der Waals surface area (Å²) in [6.07, 6.45) is 4.68. The second-order valence-electron chi connectivity index (χ2n) is 6.17. The summed E-state index contributed by atoms with van der Waals surface area (Å²) in [7, 11) is 0. The molecule has 22 heavy (non-hydrogen) atoms. The molecule has 0 amide bonds. The van der Waals surface area contributed by atoms with E-state index < -0.39 is 0 Å². The van der Waals surface area contributed by atoms with E-state index in [-0.39, 0.29) is 0 Å². The van der Waals surface area contributed by atoms with Gasteiger partial charge in [0.1, 0.15) is 0 Å². The van der Waals surface area contributed by atoms with Gasteiger partial charge in [-0.3, -0.25) is 4.90 Å². The van der Waals surface area contributed by atoms with Crippen molar-refractivity contribution in [3.63, 3.8) is 0 Å². The molecule has 0 spiro atoms. The van der Waals surface area contributed by atoms with Crippen molar-refractivity contribution >= 4 is 34.6 Å². The highest BCUT2D eigenvalue weighted by Gasteiger charge is 2.38. The Balaban J connectivity index is 1.47. The monoisotopic (exact) mass is 335 g/mol. The van der Waals surface area contributed by atoms with E-state index in [0.717, 1.165) is 29.7 Å². The van der Waals surface area contributed by atoms with Crippen LogP contribution in [0.1, 0.15) is 12.8 Å². The van der Waals surface area contributed by atoms with Gasteiger partial charge in [0.05, 0.1) is 0 Å². The lowest BCUT2D eigenvalue weighted by Crippen LogP contribution is -2.56. The Morgan fingerprint density at radius 1 is 1.41 bits per heavy atom. The molecule has 2 N–H and O–H groups in total. The van der Waals surface area contributed by atoms with Gasteiger partial charge in [0.25, 0.3) is 0 Å². The molecule has 5 heteroatoms. The van der Waals surface area contributed by atoms with Gasteiger partial charge in [-0.2, -0.15) is 0 Å². The van der Waals surface area contributed by atoms with E-state index >= 15 is 0 Å².